The lowest BCUT2D eigenvalue weighted by atomic mass is 10.0. The Kier molecular flexibility index (Phi) is 6.20. The first kappa shape index (κ1) is 17.0. The summed E-state index contributed by atoms with van der Waals surface area (Å²) in [5, 5.41) is 0. The SMILES string of the molecule is COC(=O)CCCCC(=O)c1cccc(OC(F)(F)F)c1. The van der Waals surface area contributed by atoms with Gasteiger partial charge in [0.2, 0.25) is 0 Å². The minimum atomic E-state index is -4.79. The van der Waals surface area contributed by atoms with Gasteiger partial charge in [-0.25, -0.2) is 0 Å². The first-order chi connectivity index (χ1) is 9.81. The Labute approximate surface area is 119 Å². The van der Waals surface area contributed by atoms with Gasteiger partial charge in [0.1, 0.15) is 5.75 Å². The Morgan fingerprint density at radius 2 is 1.81 bits per heavy atom. The van der Waals surface area contributed by atoms with Crippen LogP contribution in [-0.4, -0.2) is 25.2 Å². The number of hydrogen-bond donors (Lipinski definition) is 0. The zero-order valence-electron chi connectivity index (χ0n) is 11.4. The van der Waals surface area contributed by atoms with E-state index < -0.39 is 12.1 Å². The van der Waals surface area contributed by atoms with E-state index in [-0.39, 0.29) is 30.2 Å². The van der Waals surface area contributed by atoms with E-state index in [4.69, 9.17) is 0 Å². The van der Waals surface area contributed by atoms with Gasteiger partial charge in [-0.05, 0) is 25.0 Å². The number of ether oxygens (including phenoxy) is 2. The lowest BCUT2D eigenvalue weighted by Gasteiger charge is -2.09. The summed E-state index contributed by atoms with van der Waals surface area (Å²) in [6.07, 6.45) is -3.49. The molecule has 0 aliphatic heterocycles. The van der Waals surface area contributed by atoms with Crippen LogP contribution in [0, 0.1) is 0 Å². The van der Waals surface area contributed by atoms with Crippen molar-refractivity contribution >= 4 is 11.8 Å². The number of halogens is 3. The fourth-order valence-corrected chi connectivity index (χ4v) is 1.67. The van der Waals surface area contributed by atoms with E-state index >= 15 is 0 Å². The Morgan fingerprint density at radius 3 is 2.43 bits per heavy atom. The van der Waals surface area contributed by atoms with Crippen LogP contribution in [0.25, 0.3) is 0 Å². The normalized spacial score (nSPS) is 11.0. The summed E-state index contributed by atoms with van der Waals surface area (Å²) in [6.45, 7) is 0. The fraction of sp³-hybridized carbons (Fsp3) is 0.429. The van der Waals surface area contributed by atoms with Crippen LogP contribution in [0.3, 0.4) is 0 Å². The van der Waals surface area contributed by atoms with Crippen molar-refractivity contribution in [1.29, 1.82) is 0 Å². The van der Waals surface area contributed by atoms with Gasteiger partial charge in [0.25, 0.3) is 0 Å². The zero-order valence-corrected chi connectivity index (χ0v) is 11.4. The predicted octanol–water partition coefficient (Wildman–Crippen LogP) is 3.50. The predicted molar refractivity (Wildman–Crippen MR) is 67.9 cm³/mol. The second-order valence-electron chi connectivity index (χ2n) is 4.28. The molecular formula is C14H15F3O4. The topological polar surface area (TPSA) is 52.6 Å². The van der Waals surface area contributed by atoms with Crippen molar-refractivity contribution in [2.45, 2.75) is 32.0 Å². The van der Waals surface area contributed by atoms with Gasteiger partial charge in [-0.1, -0.05) is 12.1 Å². The molecule has 0 atom stereocenters. The number of benzene rings is 1. The molecule has 0 saturated carbocycles. The summed E-state index contributed by atoms with van der Waals surface area (Å²) in [5.74, 6) is -1.08. The summed E-state index contributed by atoms with van der Waals surface area (Å²) >= 11 is 0. The third-order valence-electron chi connectivity index (χ3n) is 2.65. The third-order valence-corrected chi connectivity index (χ3v) is 2.65. The highest BCUT2D eigenvalue weighted by molar-refractivity contribution is 5.96. The van der Waals surface area contributed by atoms with E-state index in [9.17, 15) is 22.8 Å². The number of carbonyl (C=O) groups excluding carboxylic acids is 2. The van der Waals surface area contributed by atoms with Crippen LogP contribution in [0.1, 0.15) is 36.0 Å². The molecule has 1 rings (SSSR count). The second-order valence-corrected chi connectivity index (χ2v) is 4.28. The molecule has 116 valence electrons. The number of alkyl halides is 3. The molecule has 0 saturated heterocycles. The van der Waals surface area contributed by atoms with Crippen molar-refractivity contribution in [2.24, 2.45) is 0 Å². The Morgan fingerprint density at radius 1 is 1.14 bits per heavy atom. The van der Waals surface area contributed by atoms with Crippen LogP contribution in [0.4, 0.5) is 13.2 Å². The summed E-state index contributed by atoms with van der Waals surface area (Å²) in [6, 6.07) is 4.92. The Hall–Kier alpha value is -2.05. The molecule has 1 aromatic rings. The number of carbonyl (C=O) groups is 2. The summed E-state index contributed by atoms with van der Waals surface area (Å²) in [7, 11) is 1.28. The summed E-state index contributed by atoms with van der Waals surface area (Å²) in [4.78, 5) is 22.7. The molecular weight excluding hydrogens is 289 g/mol. The lowest BCUT2D eigenvalue weighted by molar-refractivity contribution is -0.274. The molecule has 7 heteroatoms. The van der Waals surface area contributed by atoms with E-state index in [1.165, 1.54) is 19.2 Å². The summed E-state index contributed by atoms with van der Waals surface area (Å²) < 4.78 is 44.5. The van der Waals surface area contributed by atoms with Crippen molar-refractivity contribution in [3.05, 3.63) is 29.8 Å². The van der Waals surface area contributed by atoms with Gasteiger partial charge in [-0.2, -0.15) is 0 Å². The van der Waals surface area contributed by atoms with Crippen LogP contribution in [0.5, 0.6) is 5.75 Å². The van der Waals surface area contributed by atoms with Crippen molar-refractivity contribution in [3.63, 3.8) is 0 Å². The molecule has 0 spiro atoms. The van der Waals surface area contributed by atoms with Gasteiger partial charge < -0.3 is 9.47 Å². The highest BCUT2D eigenvalue weighted by Gasteiger charge is 2.31. The van der Waals surface area contributed by atoms with Crippen LogP contribution in [0.15, 0.2) is 24.3 Å². The number of esters is 1. The quantitative estimate of drug-likeness (QED) is 0.439. The molecule has 0 unspecified atom stereocenters. The number of unbranched alkanes of at least 4 members (excludes halogenated alkanes) is 1. The van der Waals surface area contributed by atoms with E-state index in [1.54, 1.807) is 0 Å². The molecule has 0 radical (unpaired) electrons. The number of ketones is 1. The van der Waals surface area contributed by atoms with Gasteiger partial charge >= 0.3 is 12.3 Å². The largest absolute Gasteiger partial charge is 0.573 e. The smallest absolute Gasteiger partial charge is 0.469 e. The molecule has 0 aromatic heterocycles. The molecule has 0 amide bonds. The van der Waals surface area contributed by atoms with E-state index in [2.05, 4.69) is 9.47 Å². The molecule has 0 heterocycles. The Bertz CT molecular complexity index is 497. The van der Waals surface area contributed by atoms with Crippen molar-refractivity contribution in [3.8, 4) is 5.75 Å². The molecule has 1 aromatic carbocycles. The van der Waals surface area contributed by atoms with Crippen LogP contribution < -0.4 is 4.74 Å². The van der Waals surface area contributed by atoms with Crippen molar-refractivity contribution in [2.75, 3.05) is 7.11 Å². The van der Waals surface area contributed by atoms with Gasteiger partial charge in [0, 0.05) is 18.4 Å². The van der Waals surface area contributed by atoms with Gasteiger partial charge in [-0.3, -0.25) is 9.59 Å². The molecule has 0 bridgehead atoms. The number of rotatable bonds is 7. The minimum absolute atomic E-state index is 0.145. The maximum absolute atomic E-state index is 12.1. The zero-order chi connectivity index (χ0) is 15.9. The summed E-state index contributed by atoms with van der Waals surface area (Å²) in [5.41, 5.74) is 0.148. The lowest BCUT2D eigenvalue weighted by Crippen LogP contribution is -2.17. The molecule has 0 fully saturated rings. The molecule has 4 nitrogen and oxygen atoms in total. The highest BCUT2D eigenvalue weighted by atomic mass is 19.4. The third kappa shape index (κ3) is 6.78. The van der Waals surface area contributed by atoms with Crippen LogP contribution in [-0.2, 0) is 9.53 Å². The first-order valence-electron chi connectivity index (χ1n) is 6.27. The van der Waals surface area contributed by atoms with Gasteiger partial charge in [0.15, 0.2) is 5.78 Å². The van der Waals surface area contributed by atoms with Crippen molar-refractivity contribution in [1.82, 2.24) is 0 Å². The first-order valence-corrected chi connectivity index (χ1v) is 6.27. The fourth-order valence-electron chi connectivity index (χ4n) is 1.67. The standard InChI is InChI=1S/C14H15F3O4/c1-20-13(19)8-3-2-7-12(18)10-5-4-6-11(9-10)21-14(15,16)17/h4-6,9H,2-3,7-8H2,1H3. The second kappa shape index (κ2) is 7.66. The van der Waals surface area contributed by atoms with E-state index in [0.29, 0.717) is 12.8 Å². The van der Waals surface area contributed by atoms with Gasteiger partial charge in [0.05, 0.1) is 7.11 Å². The van der Waals surface area contributed by atoms with Crippen LogP contribution >= 0.6 is 0 Å². The maximum Gasteiger partial charge on any atom is 0.573 e. The molecule has 0 aliphatic rings. The maximum atomic E-state index is 12.1. The number of Topliss-reactive ketones (excluding diaryl/α,β-unsaturated/α-hetero) is 1. The van der Waals surface area contributed by atoms with Crippen molar-refractivity contribution < 1.29 is 32.2 Å². The van der Waals surface area contributed by atoms with E-state index in [0.717, 1.165) is 12.1 Å². The number of methoxy groups -OCH3 is 1. The highest BCUT2D eigenvalue weighted by Crippen LogP contribution is 2.24. The minimum Gasteiger partial charge on any atom is -0.469 e. The average molecular weight is 304 g/mol. The van der Waals surface area contributed by atoms with E-state index in [1.807, 2.05) is 0 Å². The van der Waals surface area contributed by atoms with Crippen LogP contribution in [0.2, 0.25) is 0 Å². The monoisotopic (exact) mass is 304 g/mol. The average Bonchev–Trinajstić information content (AvgIpc) is 2.41. The molecule has 0 N–H and O–H groups in total. The van der Waals surface area contributed by atoms with Gasteiger partial charge in [-0.15, -0.1) is 13.2 Å². The molecule has 21 heavy (non-hydrogen) atoms. The molecule has 0 aliphatic carbocycles. The number of hydrogen-bond acceptors (Lipinski definition) is 4. The Balaban J connectivity index is 2.51.